The molecule has 0 saturated heterocycles. The molecule has 3 heterocycles. The molecular formula is C24H21N3O6. The molecule has 33 heavy (non-hydrogen) atoms. The summed E-state index contributed by atoms with van der Waals surface area (Å²) in [5, 5.41) is 26.0. The molecule has 168 valence electrons. The fraction of sp³-hybridized carbons (Fsp3) is 0.208. The molecule has 3 atom stereocenters. The zero-order valence-corrected chi connectivity index (χ0v) is 17.7. The van der Waals surface area contributed by atoms with Crippen LogP contribution in [-0.4, -0.2) is 34.0 Å². The summed E-state index contributed by atoms with van der Waals surface area (Å²) in [6.07, 6.45) is 1.22. The second-order valence-corrected chi connectivity index (χ2v) is 7.82. The average molecular weight is 447 g/mol. The molecular weight excluding hydrogens is 426 g/mol. The van der Waals surface area contributed by atoms with Gasteiger partial charge in [0.15, 0.2) is 17.7 Å². The minimum Gasteiger partial charge on any atom is -0.504 e. The van der Waals surface area contributed by atoms with Crippen LogP contribution in [0.3, 0.4) is 0 Å². The largest absolute Gasteiger partial charge is 0.504 e. The van der Waals surface area contributed by atoms with E-state index in [-0.39, 0.29) is 30.1 Å². The van der Waals surface area contributed by atoms with E-state index in [9.17, 15) is 15.2 Å². The number of aromatic hydroxyl groups is 1. The van der Waals surface area contributed by atoms with Gasteiger partial charge in [-0.05, 0) is 29.3 Å². The van der Waals surface area contributed by atoms with E-state index in [1.165, 1.54) is 13.2 Å². The number of benzene rings is 2. The van der Waals surface area contributed by atoms with Gasteiger partial charge >= 0.3 is 5.88 Å². The second-order valence-electron chi connectivity index (χ2n) is 7.82. The molecule has 1 N–H and O–H groups in total. The van der Waals surface area contributed by atoms with E-state index < -0.39 is 11.2 Å². The number of nitro groups is 1. The molecule has 0 bridgehead atoms. The first-order valence-electron chi connectivity index (χ1n) is 10.3. The van der Waals surface area contributed by atoms with Gasteiger partial charge < -0.3 is 19.1 Å². The van der Waals surface area contributed by atoms with Crippen LogP contribution in [0, 0.1) is 10.1 Å². The number of phenolic OH excluding ortho intramolecular Hbond substituents is 1. The fourth-order valence-corrected chi connectivity index (χ4v) is 4.56. The lowest BCUT2D eigenvalue weighted by molar-refractivity contribution is -0.402. The maximum absolute atomic E-state index is 11.1. The third kappa shape index (κ3) is 3.42. The van der Waals surface area contributed by atoms with Crippen LogP contribution in [0.15, 0.2) is 76.8 Å². The van der Waals surface area contributed by atoms with E-state index in [0.29, 0.717) is 11.5 Å². The van der Waals surface area contributed by atoms with Crippen LogP contribution in [0.5, 0.6) is 11.5 Å². The van der Waals surface area contributed by atoms with Gasteiger partial charge in [-0.25, -0.2) is 4.90 Å². The Hall–Kier alpha value is -4.11. The number of oxime groups is 1. The number of hydrogen-bond donors (Lipinski definition) is 1. The van der Waals surface area contributed by atoms with Crippen molar-refractivity contribution in [1.82, 2.24) is 4.90 Å². The van der Waals surface area contributed by atoms with Crippen LogP contribution in [-0.2, 0) is 11.4 Å². The van der Waals surface area contributed by atoms with Crippen molar-refractivity contribution < 1.29 is 24.0 Å². The van der Waals surface area contributed by atoms with Crippen LogP contribution in [0.25, 0.3) is 0 Å². The van der Waals surface area contributed by atoms with Gasteiger partial charge in [0.25, 0.3) is 0 Å². The summed E-state index contributed by atoms with van der Waals surface area (Å²) >= 11 is 0. The predicted octanol–water partition coefficient (Wildman–Crippen LogP) is 4.49. The Balaban J connectivity index is 1.63. The van der Waals surface area contributed by atoms with Crippen molar-refractivity contribution in [3.05, 3.63) is 99.8 Å². The van der Waals surface area contributed by atoms with Crippen molar-refractivity contribution in [3.63, 3.8) is 0 Å². The number of furan rings is 1. The van der Waals surface area contributed by atoms with Crippen molar-refractivity contribution in [3.8, 4) is 11.5 Å². The maximum Gasteiger partial charge on any atom is 0.433 e. The van der Waals surface area contributed by atoms with Crippen LogP contribution in [0.4, 0.5) is 5.88 Å². The molecule has 5 rings (SSSR count). The van der Waals surface area contributed by atoms with Crippen molar-refractivity contribution in [2.24, 2.45) is 5.16 Å². The minimum atomic E-state index is -0.570. The van der Waals surface area contributed by atoms with E-state index in [0.717, 1.165) is 22.4 Å². The summed E-state index contributed by atoms with van der Waals surface area (Å²) in [4.78, 5) is 18.4. The highest BCUT2D eigenvalue weighted by molar-refractivity contribution is 6.06. The Morgan fingerprint density at radius 2 is 2.03 bits per heavy atom. The van der Waals surface area contributed by atoms with Crippen molar-refractivity contribution in [2.45, 2.75) is 24.7 Å². The number of rotatable bonds is 6. The SMILES string of the molecule is C=C[C@@H]1c2cc(OC)c(O)cc2[C@H]2C(c3ccccc3)=NO[C@H]2N1Cc1ccc([N+](=O)[O-])o1. The van der Waals surface area contributed by atoms with Gasteiger partial charge in [-0.1, -0.05) is 41.6 Å². The number of nitrogens with zero attached hydrogens (tertiary/aromatic N) is 3. The van der Waals surface area contributed by atoms with E-state index in [2.05, 4.69) is 11.7 Å². The van der Waals surface area contributed by atoms with Gasteiger partial charge in [-0.15, -0.1) is 6.58 Å². The Labute approximate surface area is 189 Å². The molecule has 2 aromatic carbocycles. The molecule has 9 heteroatoms. The Morgan fingerprint density at radius 1 is 1.24 bits per heavy atom. The van der Waals surface area contributed by atoms with Crippen LogP contribution in [0.1, 0.15) is 34.4 Å². The number of phenols is 1. The summed E-state index contributed by atoms with van der Waals surface area (Å²) in [6.45, 7) is 4.23. The van der Waals surface area contributed by atoms with Crippen molar-refractivity contribution >= 4 is 11.6 Å². The number of hydrogen-bond acceptors (Lipinski definition) is 8. The van der Waals surface area contributed by atoms with Crippen LogP contribution >= 0.6 is 0 Å². The van der Waals surface area contributed by atoms with E-state index in [4.69, 9.17) is 14.0 Å². The molecule has 0 aliphatic carbocycles. The molecule has 0 saturated carbocycles. The van der Waals surface area contributed by atoms with Gasteiger partial charge in [0.05, 0.1) is 37.4 Å². The number of fused-ring (bicyclic) bond motifs is 3. The lowest BCUT2D eigenvalue weighted by atomic mass is 9.79. The maximum atomic E-state index is 11.1. The van der Waals surface area contributed by atoms with Gasteiger partial charge in [0.2, 0.25) is 0 Å². The van der Waals surface area contributed by atoms with Crippen molar-refractivity contribution in [1.29, 1.82) is 0 Å². The molecule has 3 aromatic rings. The Kier molecular flexibility index (Phi) is 5.10. The smallest absolute Gasteiger partial charge is 0.433 e. The van der Waals surface area contributed by atoms with E-state index >= 15 is 0 Å². The highest BCUT2D eigenvalue weighted by Crippen LogP contribution is 2.49. The van der Waals surface area contributed by atoms with Crippen molar-refractivity contribution in [2.75, 3.05) is 7.11 Å². The number of methoxy groups -OCH3 is 1. The molecule has 0 unspecified atom stereocenters. The summed E-state index contributed by atoms with van der Waals surface area (Å²) in [5.41, 5.74) is 3.35. The molecule has 9 nitrogen and oxygen atoms in total. The molecule has 0 radical (unpaired) electrons. The van der Waals surface area contributed by atoms with Crippen LogP contribution < -0.4 is 4.74 Å². The molecule has 0 amide bonds. The minimum absolute atomic E-state index is 0.0206. The number of ether oxygens (including phenoxy) is 1. The van der Waals surface area contributed by atoms with Gasteiger partial charge in [0, 0.05) is 5.56 Å². The first-order valence-corrected chi connectivity index (χ1v) is 10.3. The standard InChI is InChI=1S/C24H21N3O6/c1-3-18-16-12-20(31-2)19(28)11-17(16)22-23(14-7-5-4-6-8-14)25-33-24(22)26(18)13-15-9-10-21(32-15)27(29)30/h3-12,18,22,24,28H,1,13H2,2H3/t18-,22+,24-/m1/s1. The first kappa shape index (κ1) is 20.8. The molecule has 2 aliphatic rings. The summed E-state index contributed by atoms with van der Waals surface area (Å²) < 4.78 is 10.8. The lowest BCUT2D eigenvalue weighted by Gasteiger charge is -2.41. The van der Waals surface area contributed by atoms with E-state index in [1.54, 1.807) is 24.3 Å². The monoisotopic (exact) mass is 447 g/mol. The quantitative estimate of drug-likeness (QED) is 0.337. The zero-order valence-electron chi connectivity index (χ0n) is 17.7. The van der Waals surface area contributed by atoms with Crippen LogP contribution in [0.2, 0.25) is 0 Å². The first-order chi connectivity index (χ1) is 16.0. The van der Waals surface area contributed by atoms with E-state index in [1.807, 2.05) is 35.2 Å². The highest BCUT2D eigenvalue weighted by Gasteiger charge is 2.48. The third-order valence-corrected chi connectivity index (χ3v) is 6.02. The Morgan fingerprint density at radius 3 is 2.70 bits per heavy atom. The summed E-state index contributed by atoms with van der Waals surface area (Å²) in [5.74, 6) is 0.130. The zero-order chi connectivity index (χ0) is 23.1. The summed E-state index contributed by atoms with van der Waals surface area (Å²) in [7, 11) is 1.49. The topological polar surface area (TPSA) is 111 Å². The lowest BCUT2D eigenvalue weighted by Crippen LogP contribution is -2.46. The van der Waals surface area contributed by atoms with Gasteiger partial charge in [-0.2, -0.15) is 0 Å². The highest BCUT2D eigenvalue weighted by atomic mass is 16.7. The molecule has 0 fully saturated rings. The second kappa shape index (κ2) is 8.10. The van der Waals surface area contributed by atoms with Gasteiger partial charge in [0.1, 0.15) is 10.7 Å². The van der Waals surface area contributed by atoms with Gasteiger partial charge in [-0.3, -0.25) is 10.1 Å². The normalized spacial score (nSPS) is 21.5. The molecule has 2 aliphatic heterocycles. The average Bonchev–Trinajstić information content (AvgIpc) is 3.47. The molecule has 1 aromatic heterocycles. The summed E-state index contributed by atoms with van der Waals surface area (Å²) in [6, 6.07) is 15.7. The Bertz CT molecular complexity index is 1250. The predicted molar refractivity (Wildman–Crippen MR) is 119 cm³/mol. The third-order valence-electron chi connectivity index (χ3n) is 6.02. The molecule has 0 spiro atoms. The fourth-order valence-electron chi connectivity index (χ4n) is 4.56.